The van der Waals surface area contributed by atoms with E-state index in [1.54, 1.807) is 6.07 Å². The van der Waals surface area contributed by atoms with Gasteiger partial charge in [-0.15, -0.1) is 0 Å². The largest absolute Gasteiger partial charge is 0.487 e. The van der Waals surface area contributed by atoms with Crippen LogP contribution in [0.4, 0.5) is 4.39 Å². The predicted molar refractivity (Wildman–Crippen MR) is 139 cm³/mol. The van der Waals surface area contributed by atoms with Gasteiger partial charge in [-0.1, -0.05) is 49.7 Å². The summed E-state index contributed by atoms with van der Waals surface area (Å²) < 4.78 is 22.0. The lowest BCUT2D eigenvalue weighted by Crippen LogP contribution is -2.38. The maximum Gasteiger partial charge on any atom is 0.222 e. The lowest BCUT2D eigenvalue weighted by molar-refractivity contribution is -0.131. The number of carbonyl (C=O) groups is 1. The third kappa shape index (κ3) is 5.39. The van der Waals surface area contributed by atoms with Crippen molar-refractivity contribution in [2.24, 2.45) is 0 Å². The van der Waals surface area contributed by atoms with E-state index in [9.17, 15) is 9.18 Å². The highest BCUT2D eigenvalue weighted by Crippen LogP contribution is 2.43. The van der Waals surface area contributed by atoms with Gasteiger partial charge in [-0.3, -0.25) is 4.79 Å². The normalized spacial score (nSPS) is 12.3. The highest BCUT2D eigenvalue weighted by atomic mass is 35.5. The Hall–Kier alpha value is -2.83. The highest BCUT2D eigenvalue weighted by molar-refractivity contribution is 6.32. The summed E-state index contributed by atoms with van der Waals surface area (Å²) in [5.41, 5.74) is 4.60. The van der Waals surface area contributed by atoms with Crippen molar-refractivity contribution in [2.45, 2.75) is 40.2 Å². The van der Waals surface area contributed by atoms with Crippen LogP contribution in [0.3, 0.4) is 0 Å². The van der Waals surface area contributed by atoms with Crippen LogP contribution in [-0.2, 0) is 17.8 Å². The van der Waals surface area contributed by atoms with E-state index in [-0.39, 0.29) is 11.7 Å². The number of fused-ring (bicyclic) bond motifs is 3. The third-order valence-corrected chi connectivity index (χ3v) is 7.06. The molecule has 0 unspecified atom stereocenters. The quantitative estimate of drug-likeness (QED) is 0.347. The molecule has 0 atom stereocenters. The van der Waals surface area contributed by atoms with Gasteiger partial charge in [0.15, 0.2) is 0 Å². The summed E-state index contributed by atoms with van der Waals surface area (Å²) in [5.74, 6) is 0.484. The van der Waals surface area contributed by atoms with Gasteiger partial charge in [-0.25, -0.2) is 4.39 Å². The molecule has 0 fully saturated rings. The van der Waals surface area contributed by atoms with Gasteiger partial charge in [-0.2, -0.15) is 0 Å². The van der Waals surface area contributed by atoms with Crippen LogP contribution in [0.2, 0.25) is 5.02 Å². The van der Waals surface area contributed by atoms with Gasteiger partial charge < -0.3 is 19.1 Å². The van der Waals surface area contributed by atoms with Crippen molar-refractivity contribution in [3.05, 3.63) is 70.6 Å². The first kappa shape index (κ1) is 25.3. The molecule has 35 heavy (non-hydrogen) atoms. The van der Waals surface area contributed by atoms with E-state index in [0.29, 0.717) is 36.7 Å². The average Bonchev–Trinajstić information content (AvgIpc) is 3.24. The van der Waals surface area contributed by atoms with Crippen LogP contribution in [-0.4, -0.2) is 53.0 Å². The van der Waals surface area contributed by atoms with Crippen molar-refractivity contribution in [3.8, 4) is 22.7 Å². The molecule has 0 aliphatic carbocycles. The fourth-order valence-electron chi connectivity index (χ4n) is 4.71. The number of halogens is 2. The minimum atomic E-state index is -0.389. The van der Waals surface area contributed by atoms with Gasteiger partial charge in [-0.05, 0) is 50.2 Å². The second-order valence-electron chi connectivity index (χ2n) is 8.73. The molecule has 186 valence electrons. The standard InChI is InChI=1S/C28H33ClFN3O2/c1-4-31(5-2)15-16-32(6-3)27(34)14-12-22-18-26-28(23-10-8-7-9-20(23)19-35-26)33(22)25-13-11-21(30)17-24(25)29/h7-11,13,17-18H,4-6,12,14-16,19H2,1-3H3. The van der Waals surface area contributed by atoms with Crippen molar-refractivity contribution in [3.63, 3.8) is 0 Å². The van der Waals surface area contributed by atoms with Crippen LogP contribution in [0.1, 0.15) is 38.4 Å². The SMILES string of the molecule is CCN(CC)CCN(CC)C(=O)CCc1cc2c(n1-c1ccc(F)cc1Cl)-c1ccccc1CO2. The number of rotatable bonds is 10. The van der Waals surface area contributed by atoms with Gasteiger partial charge in [0.1, 0.15) is 18.2 Å². The van der Waals surface area contributed by atoms with Crippen molar-refractivity contribution in [1.29, 1.82) is 0 Å². The molecule has 0 N–H and O–H groups in total. The van der Waals surface area contributed by atoms with Gasteiger partial charge in [0.2, 0.25) is 5.91 Å². The molecule has 1 aliphatic rings. The van der Waals surface area contributed by atoms with Crippen molar-refractivity contribution in [1.82, 2.24) is 14.4 Å². The topological polar surface area (TPSA) is 37.7 Å². The number of aryl methyl sites for hydroxylation is 1. The first-order chi connectivity index (χ1) is 17.0. The summed E-state index contributed by atoms with van der Waals surface area (Å²) in [5, 5.41) is 0.313. The van der Waals surface area contributed by atoms with Crippen LogP contribution in [0.25, 0.3) is 16.9 Å². The summed E-state index contributed by atoms with van der Waals surface area (Å²) in [7, 11) is 0. The maximum absolute atomic E-state index is 13.9. The van der Waals surface area contributed by atoms with Crippen LogP contribution in [0.15, 0.2) is 48.5 Å². The van der Waals surface area contributed by atoms with Crippen LogP contribution in [0.5, 0.6) is 5.75 Å². The second-order valence-corrected chi connectivity index (χ2v) is 9.13. The van der Waals surface area contributed by atoms with E-state index >= 15 is 0 Å². The number of aromatic nitrogens is 1. The number of likely N-dealkylation sites (N-methyl/N-ethyl adjacent to an activating group) is 2. The zero-order valence-electron chi connectivity index (χ0n) is 20.7. The Morgan fingerprint density at radius 1 is 1.06 bits per heavy atom. The summed E-state index contributed by atoms with van der Waals surface area (Å²) in [6, 6.07) is 14.5. The Labute approximate surface area is 212 Å². The van der Waals surface area contributed by atoms with E-state index < -0.39 is 0 Å². The Bertz CT molecular complexity index is 1190. The molecule has 0 spiro atoms. The Kier molecular flexibility index (Phi) is 8.14. The molecule has 2 aromatic carbocycles. The molecule has 7 heteroatoms. The lowest BCUT2D eigenvalue weighted by atomic mass is 10.0. The Morgan fingerprint density at radius 2 is 1.83 bits per heavy atom. The molecule has 0 saturated carbocycles. The molecule has 1 aliphatic heterocycles. The minimum absolute atomic E-state index is 0.122. The number of ether oxygens (including phenoxy) is 1. The van der Waals surface area contributed by atoms with E-state index in [2.05, 4.69) is 24.8 Å². The highest BCUT2D eigenvalue weighted by Gasteiger charge is 2.26. The minimum Gasteiger partial charge on any atom is -0.487 e. The smallest absolute Gasteiger partial charge is 0.222 e. The van der Waals surface area contributed by atoms with Crippen molar-refractivity contribution in [2.75, 3.05) is 32.7 Å². The number of nitrogens with zero attached hydrogens (tertiary/aromatic N) is 3. The number of carbonyl (C=O) groups excluding carboxylic acids is 1. The summed E-state index contributed by atoms with van der Waals surface area (Å²) in [6.45, 7) is 11.0. The number of hydrogen-bond acceptors (Lipinski definition) is 3. The van der Waals surface area contributed by atoms with E-state index in [1.807, 2.05) is 40.7 Å². The first-order valence-electron chi connectivity index (χ1n) is 12.4. The molecule has 0 saturated heterocycles. The van der Waals surface area contributed by atoms with Gasteiger partial charge in [0.25, 0.3) is 0 Å². The zero-order chi connectivity index (χ0) is 24.9. The molecule has 1 aromatic heterocycles. The van der Waals surface area contributed by atoms with Crippen LogP contribution in [0, 0.1) is 5.82 Å². The van der Waals surface area contributed by atoms with E-state index in [1.165, 1.54) is 12.1 Å². The second kappa shape index (κ2) is 11.3. The molecule has 4 rings (SSSR count). The lowest BCUT2D eigenvalue weighted by Gasteiger charge is -2.25. The van der Waals surface area contributed by atoms with Gasteiger partial charge in [0.05, 0.1) is 16.4 Å². The summed E-state index contributed by atoms with van der Waals surface area (Å²) in [6.07, 6.45) is 0.891. The van der Waals surface area contributed by atoms with Gasteiger partial charge in [0, 0.05) is 43.4 Å². The molecular formula is C28H33ClFN3O2. The average molecular weight is 498 g/mol. The number of benzene rings is 2. The molecule has 3 aromatic rings. The fourth-order valence-corrected chi connectivity index (χ4v) is 4.96. The summed E-state index contributed by atoms with van der Waals surface area (Å²) >= 11 is 6.51. The molecule has 5 nitrogen and oxygen atoms in total. The van der Waals surface area contributed by atoms with Crippen LogP contribution >= 0.6 is 11.6 Å². The van der Waals surface area contributed by atoms with Crippen molar-refractivity contribution >= 4 is 17.5 Å². The van der Waals surface area contributed by atoms with Gasteiger partial charge >= 0.3 is 0 Å². The molecule has 0 bridgehead atoms. The van der Waals surface area contributed by atoms with Crippen molar-refractivity contribution < 1.29 is 13.9 Å². The fraction of sp³-hybridized carbons (Fsp3) is 0.393. The Balaban J connectivity index is 1.65. The monoisotopic (exact) mass is 497 g/mol. The van der Waals surface area contributed by atoms with Crippen LogP contribution < -0.4 is 4.74 Å². The zero-order valence-corrected chi connectivity index (χ0v) is 21.4. The maximum atomic E-state index is 13.9. The molecular weight excluding hydrogens is 465 g/mol. The Morgan fingerprint density at radius 3 is 2.54 bits per heavy atom. The van der Waals surface area contributed by atoms with E-state index in [0.717, 1.165) is 54.4 Å². The molecule has 0 radical (unpaired) electrons. The first-order valence-corrected chi connectivity index (χ1v) is 12.8. The summed E-state index contributed by atoms with van der Waals surface area (Å²) in [4.78, 5) is 17.4. The molecule has 1 amide bonds. The number of hydrogen-bond donors (Lipinski definition) is 0. The third-order valence-electron chi connectivity index (χ3n) is 6.76. The number of amides is 1. The van der Waals surface area contributed by atoms with E-state index in [4.69, 9.17) is 16.3 Å². The molecule has 2 heterocycles. The predicted octanol–water partition coefficient (Wildman–Crippen LogP) is 5.95.